The number of rotatable bonds is 5. The summed E-state index contributed by atoms with van der Waals surface area (Å²) in [7, 11) is -1.65. The Kier molecular flexibility index (Phi) is 6.55. The highest BCUT2D eigenvalue weighted by Gasteiger charge is 2.33. The molecule has 0 spiro atoms. The Labute approximate surface area is 157 Å². The average molecular weight is 382 g/mol. The predicted molar refractivity (Wildman–Crippen MR) is 103 cm³/mol. The zero-order chi connectivity index (χ0) is 18.6. The third kappa shape index (κ3) is 4.76. The van der Waals surface area contributed by atoms with Gasteiger partial charge < -0.3 is 4.74 Å². The lowest BCUT2D eigenvalue weighted by atomic mass is 10.0. The molecule has 1 aromatic carbocycles. The second-order valence-corrected chi connectivity index (χ2v) is 9.42. The molecule has 0 saturated carbocycles. The molecule has 0 radical (unpaired) electrons. The molecular weight excluding hydrogens is 350 g/mol. The predicted octanol–water partition coefficient (Wildman–Crippen LogP) is 2.18. The minimum atomic E-state index is -3.32. The summed E-state index contributed by atoms with van der Waals surface area (Å²) in [6, 6.07) is 8.10. The third-order valence-corrected chi connectivity index (χ3v) is 7.39. The van der Waals surface area contributed by atoms with Crippen LogP contribution in [0.2, 0.25) is 0 Å². The maximum atomic E-state index is 13.0. The van der Waals surface area contributed by atoms with Crippen LogP contribution in [0.3, 0.4) is 0 Å². The molecule has 1 atom stereocenters. The van der Waals surface area contributed by atoms with E-state index >= 15 is 0 Å². The van der Waals surface area contributed by atoms with E-state index in [2.05, 4.69) is 24.0 Å². The number of hydrogen-bond acceptors (Lipinski definition) is 4. The van der Waals surface area contributed by atoms with Crippen LogP contribution in [0.15, 0.2) is 24.3 Å². The first-order chi connectivity index (χ1) is 12.5. The summed E-state index contributed by atoms with van der Waals surface area (Å²) in [5, 5.41) is 0. The molecule has 0 aliphatic carbocycles. The van der Waals surface area contributed by atoms with Crippen LogP contribution < -0.4 is 4.74 Å². The van der Waals surface area contributed by atoms with E-state index in [1.807, 2.05) is 12.1 Å². The summed E-state index contributed by atoms with van der Waals surface area (Å²) in [5.41, 5.74) is 1.23. The second kappa shape index (κ2) is 8.69. The quantitative estimate of drug-likeness (QED) is 0.784. The monoisotopic (exact) mass is 381 g/mol. The van der Waals surface area contributed by atoms with Crippen LogP contribution in [0, 0.1) is 5.92 Å². The third-order valence-electron chi connectivity index (χ3n) is 5.39. The van der Waals surface area contributed by atoms with Crippen molar-refractivity contribution in [1.82, 2.24) is 13.5 Å². The number of methoxy groups -OCH3 is 1. The minimum Gasteiger partial charge on any atom is -0.497 e. The van der Waals surface area contributed by atoms with Gasteiger partial charge in [-0.05, 0) is 49.4 Å². The van der Waals surface area contributed by atoms with Crippen molar-refractivity contribution in [3.05, 3.63) is 29.8 Å². The second-order valence-electron chi connectivity index (χ2n) is 7.49. The van der Waals surface area contributed by atoms with Crippen LogP contribution in [0.5, 0.6) is 5.75 Å². The molecule has 0 bridgehead atoms. The Bertz CT molecular complexity index is 678. The van der Waals surface area contributed by atoms with Crippen LogP contribution in [0.25, 0.3) is 0 Å². The fourth-order valence-corrected chi connectivity index (χ4v) is 5.65. The lowest BCUT2D eigenvalue weighted by Crippen LogP contribution is -2.48. The smallest absolute Gasteiger partial charge is 0.282 e. The Morgan fingerprint density at radius 3 is 2.42 bits per heavy atom. The maximum absolute atomic E-state index is 13.0. The molecule has 6 nitrogen and oxygen atoms in total. The number of ether oxygens (including phenoxy) is 1. The molecular formula is C19H31N3O3S. The van der Waals surface area contributed by atoms with Crippen LogP contribution in [0.4, 0.5) is 0 Å². The molecule has 1 unspecified atom stereocenters. The lowest BCUT2D eigenvalue weighted by molar-refractivity contribution is 0.253. The van der Waals surface area contributed by atoms with Gasteiger partial charge in [0.05, 0.1) is 7.11 Å². The Hall–Kier alpha value is -1.15. The number of benzene rings is 1. The molecule has 3 rings (SSSR count). The zero-order valence-electron chi connectivity index (χ0n) is 15.9. The highest BCUT2D eigenvalue weighted by Crippen LogP contribution is 2.22. The van der Waals surface area contributed by atoms with E-state index in [1.165, 1.54) is 5.56 Å². The summed E-state index contributed by atoms with van der Waals surface area (Å²) in [5.74, 6) is 1.31. The minimum absolute atomic E-state index is 0.456. The van der Waals surface area contributed by atoms with Crippen molar-refractivity contribution in [1.29, 1.82) is 0 Å². The summed E-state index contributed by atoms with van der Waals surface area (Å²) in [4.78, 5) is 2.34. The van der Waals surface area contributed by atoms with Gasteiger partial charge in [0.15, 0.2) is 0 Å². The van der Waals surface area contributed by atoms with E-state index in [1.54, 1.807) is 15.7 Å². The largest absolute Gasteiger partial charge is 0.497 e. The summed E-state index contributed by atoms with van der Waals surface area (Å²) < 4.78 is 34.6. The lowest BCUT2D eigenvalue weighted by Gasteiger charge is -2.34. The molecule has 2 aliphatic rings. The summed E-state index contributed by atoms with van der Waals surface area (Å²) in [6.07, 6.45) is 2.97. The average Bonchev–Trinajstić information content (AvgIpc) is 2.88. The van der Waals surface area contributed by atoms with Crippen LogP contribution in [-0.2, 0) is 16.8 Å². The van der Waals surface area contributed by atoms with Crippen molar-refractivity contribution >= 4 is 10.2 Å². The molecule has 2 saturated heterocycles. The van der Waals surface area contributed by atoms with E-state index in [9.17, 15) is 8.42 Å². The van der Waals surface area contributed by atoms with E-state index < -0.39 is 10.2 Å². The Morgan fingerprint density at radius 2 is 1.73 bits per heavy atom. The SMILES string of the molecule is COc1ccc(CN2CCCN(S(=O)(=O)N3CCCC(C)C3)CC2)cc1. The van der Waals surface area contributed by atoms with E-state index in [-0.39, 0.29) is 0 Å². The molecule has 0 amide bonds. The first-order valence-electron chi connectivity index (χ1n) is 9.59. The van der Waals surface area contributed by atoms with Gasteiger partial charge in [-0.25, -0.2) is 0 Å². The van der Waals surface area contributed by atoms with Crippen LogP contribution >= 0.6 is 0 Å². The van der Waals surface area contributed by atoms with Crippen LogP contribution in [-0.4, -0.2) is 68.3 Å². The standard InChI is InChI=1S/C19H31N3O3S/c1-17-5-3-11-22(15-17)26(23,24)21-12-4-10-20(13-14-21)16-18-6-8-19(25-2)9-7-18/h6-9,17H,3-5,10-16H2,1-2H3. The molecule has 2 fully saturated rings. The topological polar surface area (TPSA) is 53.1 Å². The maximum Gasteiger partial charge on any atom is 0.282 e. The van der Waals surface area contributed by atoms with Gasteiger partial charge in [-0.1, -0.05) is 19.1 Å². The highest BCUT2D eigenvalue weighted by atomic mass is 32.2. The number of piperidine rings is 1. The fourth-order valence-electron chi connectivity index (χ4n) is 3.84. The van der Waals surface area contributed by atoms with E-state index in [4.69, 9.17) is 4.74 Å². The molecule has 146 valence electrons. The molecule has 0 N–H and O–H groups in total. The molecule has 26 heavy (non-hydrogen) atoms. The normalized spacial score (nSPS) is 24.3. The summed E-state index contributed by atoms with van der Waals surface area (Å²) >= 11 is 0. The van der Waals surface area contributed by atoms with Gasteiger partial charge in [0, 0.05) is 39.3 Å². The number of hydrogen-bond donors (Lipinski definition) is 0. The van der Waals surface area contributed by atoms with Gasteiger partial charge in [-0.2, -0.15) is 17.0 Å². The number of nitrogens with zero attached hydrogens (tertiary/aromatic N) is 3. The fraction of sp³-hybridized carbons (Fsp3) is 0.684. The van der Waals surface area contributed by atoms with E-state index in [0.29, 0.717) is 32.1 Å². The van der Waals surface area contributed by atoms with Crippen molar-refractivity contribution in [3.8, 4) is 5.75 Å². The van der Waals surface area contributed by atoms with Crippen LogP contribution in [0.1, 0.15) is 31.7 Å². The summed E-state index contributed by atoms with van der Waals surface area (Å²) in [6.45, 7) is 7.20. The van der Waals surface area contributed by atoms with Gasteiger partial charge in [0.1, 0.15) is 5.75 Å². The first kappa shape index (κ1) is 19.6. The Balaban J connectivity index is 1.58. The molecule has 2 heterocycles. The van der Waals surface area contributed by atoms with Gasteiger partial charge in [-0.15, -0.1) is 0 Å². The van der Waals surface area contributed by atoms with E-state index in [0.717, 1.165) is 44.6 Å². The molecule has 7 heteroatoms. The van der Waals surface area contributed by atoms with Crippen molar-refractivity contribution < 1.29 is 13.2 Å². The highest BCUT2D eigenvalue weighted by molar-refractivity contribution is 7.86. The molecule has 1 aromatic rings. The van der Waals surface area contributed by atoms with Crippen molar-refractivity contribution in [2.45, 2.75) is 32.7 Å². The Morgan fingerprint density at radius 1 is 1.00 bits per heavy atom. The van der Waals surface area contributed by atoms with Crippen molar-refractivity contribution in [2.75, 3.05) is 46.4 Å². The van der Waals surface area contributed by atoms with Gasteiger partial charge in [0.2, 0.25) is 0 Å². The molecule has 2 aliphatic heterocycles. The molecule has 0 aromatic heterocycles. The van der Waals surface area contributed by atoms with Gasteiger partial charge in [0.25, 0.3) is 10.2 Å². The van der Waals surface area contributed by atoms with Gasteiger partial charge in [-0.3, -0.25) is 4.90 Å². The van der Waals surface area contributed by atoms with Gasteiger partial charge >= 0.3 is 0 Å². The van der Waals surface area contributed by atoms with Crippen molar-refractivity contribution in [2.24, 2.45) is 5.92 Å². The first-order valence-corrected chi connectivity index (χ1v) is 11.0. The zero-order valence-corrected chi connectivity index (χ0v) is 16.7. The van der Waals surface area contributed by atoms with Crippen molar-refractivity contribution in [3.63, 3.8) is 0 Å².